The van der Waals surface area contributed by atoms with Crippen LogP contribution in [-0.4, -0.2) is 16.3 Å². The van der Waals surface area contributed by atoms with E-state index in [0.29, 0.717) is 6.42 Å². The van der Waals surface area contributed by atoms with Crippen LogP contribution in [0.3, 0.4) is 0 Å². The molecule has 14 heavy (non-hydrogen) atoms. The summed E-state index contributed by atoms with van der Waals surface area (Å²) in [4.78, 5) is 0. The Morgan fingerprint density at radius 1 is 1.43 bits per heavy atom. The van der Waals surface area contributed by atoms with Crippen LogP contribution in [0.4, 0.5) is 0 Å². The first-order chi connectivity index (χ1) is 6.50. The molecule has 1 aromatic carbocycles. The number of aromatic hydroxyl groups is 2. The van der Waals surface area contributed by atoms with Gasteiger partial charge in [-0.2, -0.15) is 0 Å². The van der Waals surface area contributed by atoms with Crippen LogP contribution in [-0.2, 0) is 6.42 Å². The molecule has 3 heteroatoms. The third-order valence-electron chi connectivity index (χ3n) is 2.13. The highest BCUT2D eigenvalue weighted by Crippen LogP contribution is 2.25. The fourth-order valence-electron chi connectivity index (χ4n) is 1.12. The molecular formula is C11H15NO2. The molecule has 0 aliphatic heterocycles. The second-order valence-electron chi connectivity index (χ2n) is 3.48. The molecular weight excluding hydrogens is 178 g/mol. The Balaban J connectivity index is 2.78. The van der Waals surface area contributed by atoms with Gasteiger partial charge in [-0.05, 0) is 31.0 Å². The second-order valence-corrected chi connectivity index (χ2v) is 3.48. The molecule has 0 bridgehead atoms. The molecule has 1 aromatic rings. The first-order valence-electron chi connectivity index (χ1n) is 4.42. The Morgan fingerprint density at radius 3 is 2.57 bits per heavy atom. The summed E-state index contributed by atoms with van der Waals surface area (Å²) in [5.74, 6) is -0.228. The van der Waals surface area contributed by atoms with E-state index in [1.165, 1.54) is 12.1 Å². The molecule has 0 aromatic heterocycles. The first kappa shape index (κ1) is 10.6. The van der Waals surface area contributed by atoms with Gasteiger partial charge in [-0.3, -0.25) is 0 Å². The van der Waals surface area contributed by atoms with E-state index in [1.807, 2.05) is 6.92 Å². The van der Waals surface area contributed by atoms with Gasteiger partial charge in [-0.15, -0.1) is 0 Å². The van der Waals surface area contributed by atoms with E-state index in [-0.39, 0.29) is 17.5 Å². The van der Waals surface area contributed by atoms with E-state index < -0.39 is 0 Å². The van der Waals surface area contributed by atoms with Gasteiger partial charge in [0.05, 0.1) is 0 Å². The molecule has 1 rings (SSSR count). The standard InChI is InChI=1S/C11H15NO2/c1-7(2)9(12)5-8-3-4-10(13)11(14)6-8/h3-4,6,9,13-14H,1,5,12H2,2H3/t9-/m0/s1. The van der Waals surface area contributed by atoms with E-state index in [4.69, 9.17) is 10.8 Å². The highest BCUT2D eigenvalue weighted by Gasteiger charge is 2.06. The van der Waals surface area contributed by atoms with Crippen LogP contribution >= 0.6 is 0 Å². The van der Waals surface area contributed by atoms with Gasteiger partial charge in [-0.1, -0.05) is 18.2 Å². The largest absolute Gasteiger partial charge is 0.504 e. The van der Waals surface area contributed by atoms with E-state index in [0.717, 1.165) is 11.1 Å². The van der Waals surface area contributed by atoms with E-state index in [2.05, 4.69) is 6.58 Å². The minimum absolute atomic E-state index is 0.112. The summed E-state index contributed by atoms with van der Waals surface area (Å²) >= 11 is 0. The number of hydrogen-bond acceptors (Lipinski definition) is 3. The predicted molar refractivity (Wildman–Crippen MR) is 56.3 cm³/mol. The predicted octanol–water partition coefficient (Wildman–Crippen LogP) is 1.54. The van der Waals surface area contributed by atoms with Crippen molar-refractivity contribution >= 4 is 0 Å². The molecule has 0 fully saturated rings. The van der Waals surface area contributed by atoms with Crippen LogP contribution in [0.1, 0.15) is 12.5 Å². The maximum absolute atomic E-state index is 9.24. The van der Waals surface area contributed by atoms with Crippen LogP contribution in [0.2, 0.25) is 0 Å². The van der Waals surface area contributed by atoms with Crippen molar-refractivity contribution in [2.24, 2.45) is 5.73 Å². The average Bonchev–Trinajstić information content (AvgIpc) is 2.11. The van der Waals surface area contributed by atoms with Gasteiger partial charge in [0.2, 0.25) is 0 Å². The van der Waals surface area contributed by atoms with Crippen molar-refractivity contribution in [3.05, 3.63) is 35.9 Å². The fourth-order valence-corrected chi connectivity index (χ4v) is 1.12. The Labute approximate surface area is 83.5 Å². The summed E-state index contributed by atoms with van der Waals surface area (Å²) < 4.78 is 0. The van der Waals surface area contributed by atoms with Crippen LogP contribution in [0, 0.1) is 0 Å². The molecule has 76 valence electrons. The molecule has 0 aliphatic rings. The number of hydrogen-bond donors (Lipinski definition) is 3. The van der Waals surface area contributed by atoms with Crippen LogP contribution in [0.5, 0.6) is 11.5 Å². The van der Waals surface area contributed by atoms with Crippen LogP contribution in [0.25, 0.3) is 0 Å². The highest BCUT2D eigenvalue weighted by atomic mass is 16.3. The Kier molecular flexibility index (Phi) is 3.14. The van der Waals surface area contributed by atoms with Crippen molar-refractivity contribution in [2.75, 3.05) is 0 Å². The number of benzene rings is 1. The van der Waals surface area contributed by atoms with Gasteiger partial charge < -0.3 is 15.9 Å². The monoisotopic (exact) mass is 193 g/mol. The van der Waals surface area contributed by atoms with Crippen molar-refractivity contribution in [3.63, 3.8) is 0 Å². The van der Waals surface area contributed by atoms with Crippen LogP contribution in [0.15, 0.2) is 30.4 Å². The smallest absolute Gasteiger partial charge is 0.157 e. The molecule has 4 N–H and O–H groups in total. The van der Waals surface area contributed by atoms with Gasteiger partial charge in [0.25, 0.3) is 0 Å². The van der Waals surface area contributed by atoms with E-state index in [9.17, 15) is 5.11 Å². The van der Waals surface area contributed by atoms with Crippen molar-refractivity contribution in [1.82, 2.24) is 0 Å². The van der Waals surface area contributed by atoms with Crippen molar-refractivity contribution < 1.29 is 10.2 Å². The lowest BCUT2D eigenvalue weighted by Gasteiger charge is -2.11. The minimum Gasteiger partial charge on any atom is -0.504 e. The van der Waals surface area contributed by atoms with Gasteiger partial charge >= 0.3 is 0 Å². The summed E-state index contributed by atoms with van der Waals surface area (Å²) in [6, 6.07) is 4.59. The molecule has 0 amide bonds. The molecule has 3 nitrogen and oxygen atoms in total. The lowest BCUT2D eigenvalue weighted by atomic mass is 10.0. The maximum Gasteiger partial charge on any atom is 0.157 e. The van der Waals surface area contributed by atoms with E-state index >= 15 is 0 Å². The quantitative estimate of drug-likeness (QED) is 0.504. The molecule has 1 atom stereocenters. The third kappa shape index (κ3) is 2.50. The van der Waals surface area contributed by atoms with E-state index in [1.54, 1.807) is 6.07 Å². The fraction of sp³-hybridized carbons (Fsp3) is 0.273. The first-order valence-corrected chi connectivity index (χ1v) is 4.42. The zero-order chi connectivity index (χ0) is 10.7. The van der Waals surface area contributed by atoms with Crippen molar-refractivity contribution in [3.8, 4) is 11.5 Å². The number of rotatable bonds is 3. The van der Waals surface area contributed by atoms with Gasteiger partial charge in [0, 0.05) is 6.04 Å². The number of phenolic OH excluding ortho intramolecular Hbond substituents is 2. The zero-order valence-electron chi connectivity index (χ0n) is 8.20. The normalized spacial score (nSPS) is 12.4. The van der Waals surface area contributed by atoms with Gasteiger partial charge in [0.15, 0.2) is 11.5 Å². The lowest BCUT2D eigenvalue weighted by Crippen LogP contribution is -2.23. The molecule has 0 radical (unpaired) electrons. The van der Waals surface area contributed by atoms with Crippen molar-refractivity contribution in [1.29, 1.82) is 0 Å². The molecule has 0 spiro atoms. The van der Waals surface area contributed by atoms with Gasteiger partial charge in [0.1, 0.15) is 0 Å². The molecule has 0 aliphatic carbocycles. The number of phenols is 2. The molecule has 0 heterocycles. The maximum atomic E-state index is 9.24. The number of nitrogens with two attached hydrogens (primary N) is 1. The summed E-state index contributed by atoms with van der Waals surface area (Å²) in [6.07, 6.45) is 0.614. The molecule has 0 saturated heterocycles. The molecule has 0 unspecified atom stereocenters. The molecule has 0 saturated carbocycles. The van der Waals surface area contributed by atoms with Crippen LogP contribution < -0.4 is 5.73 Å². The summed E-state index contributed by atoms with van der Waals surface area (Å²) in [5, 5.41) is 18.3. The lowest BCUT2D eigenvalue weighted by molar-refractivity contribution is 0.403. The summed E-state index contributed by atoms with van der Waals surface area (Å²) in [7, 11) is 0. The summed E-state index contributed by atoms with van der Waals surface area (Å²) in [5.41, 5.74) is 7.58. The highest BCUT2D eigenvalue weighted by molar-refractivity contribution is 5.41. The SMILES string of the molecule is C=C(C)[C@@H](N)Cc1ccc(O)c(O)c1. The van der Waals surface area contributed by atoms with Gasteiger partial charge in [-0.25, -0.2) is 0 Å². The Bertz CT molecular complexity index is 347. The second kappa shape index (κ2) is 4.15. The van der Waals surface area contributed by atoms with Crippen molar-refractivity contribution in [2.45, 2.75) is 19.4 Å². The average molecular weight is 193 g/mol. The minimum atomic E-state index is -0.114. The Hall–Kier alpha value is -1.48. The topological polar surface area (TPSA) is 66.5 Å². The Morgan fingerprint density at radius 2 is 2.07 bits per heavy atom. The third-order valence-corrected chi connectivity index (χ3v) is 2.13. The summed E-state index contributed by atoms with van der Waals surface area (Å²) in [6.45, 7) is 5.62. The zero-order valence-corrected chi connectivity index (χ0v) is 8.20.